The molecule has 2 aliphatic rings. The predicted octanol–water partition coefficient (Wildman–Crippen LogP) is 3.30. The van der Waals surface area contributed by atoms with Gasteiger partial charge in [0.1, 0.15) is 5.78 Å². The third-order valence-electron chi connectivity index (χ3n) is 4.76. The van der Waals surface area contributed by atoms with E-state index in [1.165, 1.54) is 25.7 Å². The lowest BCUT2D eigenvalue weighted by atomic mass is 9.85. The molecule has 0 aromatic carbocycles. The third kappa shape index (κ3) is 3.54. The second kappa shape index (κ2) is 5.99. The summed E-state index contributed by atoms with van der Waals surface area (Å²) in [6, 6.07) is 1.44. The first kappa shape index (κ1) is 13.1. The van der Waals surface area contributed by atoms with Crippen molar-refractivity contribution in [2.75, 3.05) is 0 Å². The highest BCUT2D eigenvalue weighted by Crippen LogP contribution is 2.33. The van der Waals surface area contributed by atoms with E-state index in [0.29, 0.717) is 17.6 Å². The van der Waals surface area contributed by atoms with Crippen LogP contribution >= 0.6 is 0 Å². The molecule has 17 heavy (non-hydrogen) atoms. The summed E-state index contributed by atoms with van der Waals surface area (Å²) in [6.45, 7) is 4.40. The van der Waals surface area contributed by atoms with Crippen LogP contribution in [0, 0.1) is 11.8 Å². The molecule has 0 radical (unpaired) electrons. The third-order valence-corrected chi connectivity index (χ3v) is 4.76. The zero-order valence-corrected chi connectivity index (χ0v) is 11.4. The molecule has 2 saturated heterocycles. The number of piperidine rings is 1. The Hall–Kier alpha value is -0.370. The smallest absolute Gasteiger partial charge is 0.133 e. The number of hydrogen-bond donors (Lipinski definition) is 1. The summed E-state index contributed by atoms with van der Waals surface area (Å²) in [4.78, 5) is 12.1. The summed E-state index contributed by atoms with van der Waals surface area (Å²) in [6.07, 6.45) is 9.14. The van der Waals surface area contributed by atoms with E-state index in [1.54, 1.807) is 0 Å². The van der Waals surface area contributed by atoms with Crippen LogP contribution < -0.4 is 5.32 Å². The Morgan fingerprint density at radius 1 is 1.18 bits per heavy atom. The van der Waals surface area contributed by atoms with Gasteiger partial charge in [0.25, 0.3) is 0 Å². The Labute approximate surface area is 106 Å². The molecule has 2 heterocycles. The molecular weight excluding hydrogens is 210 g/mol. The van der Waals surface area contributed by atoms with Crippen LogP contribution in [0.5, 0.6) is 0 Å². The molecule has 2 rings (SSSR count). The van der Waals surface area contributed by atoms with E-state index in [-0.39, 0.29) is 0 Å². The first-order valence-corrected chi connectivity index (χ1v) is 7.49. The van der Waals surface area contributed by atoms with Gasteiger partial charge < -0.3 is 5.32 Å². The zero-order valence-electron chi connectivity index (χ0n) is 11.4. The van der Waals surface area contributed by atoms with Gasteiger partial charge in [0.2, 0.25) is 0 Å². The highest BCUT2D eigenvalue weighted by atomic mass is 16.1. The molecule has 2 atom stereocenters. The van der Waals surface area contributed by atoms with Gasteiger partial charge in [0.05, 0.1) is 0 Å². The summed E-state index contributed by atoms with van der Waals surface area (Å²) in [5.41, 5.74) is 0. The van der Waals surface area contributed by atoms with E-state index in [0.717, 1.165) is 37.8 Å². The summed E-state index contributed by atoms with van der Waals surface area (Å²) in [5.74, 6) is 1.82. The van der Waals surface area contributed by atoms with Gasteiger partial charge in [0.15, 0.2) is 0 Å². The van der Waals surface area contributed by atoms with Crippen LogP contribution in [0.15, 0.2) is 0 Å². The minimum atomic E-state index is 0.519. The average Bonchev–Trinajstić information content (AvgIpc) is 2.65. The fraction of sp³-hybridized carbons (Fsp3) is 0.933. The number of carbonyl (C=O) groups is 1. The van der Waals surface area contributed by atoms with Gasteiger partial charge in [0, 0.05) is 24.9 Å². The Bertz CT molecular complexity index is 248. The Morgan fingerprint density at radius 2 is 1.76 bits per heavy atom. The van der Waals surface area contributed by atoms with Crippen molar-refractivity contribution in [1.29, 1.82) is 0 Å². The molecule has 0 saturated carbocycles. The molecule has 1 N–H and O–H groups in total. The molecule has 2 bridgehead atoms. The van der Waals surface area contributed by atoms with E-state index in [1.807, 2.05) is 0 Å². The van der Waals surface area contributed by atoms with Gasteiger partial charge in [-0.25, -0.2) is 0 Å². The van der Waals surface area contributed by atoms with Gasteiger partial charge in [-0.3, -0.25) is 4.79 Å². The zero-order chi connectivity index (χ0) is 12.3. The summed E-state index contributed by atoms with van der Waals surface area (Å²) in [5, 5.41) is 3.65. The summed E-state index contributed by atoms with van der Waals surface area (Å²) >= 11 is 0. The standard InChI is InChI=1S/C15H27NO/c1-3-11(4-2)9-15(17)10-12-7-13-5-6-14(8-12)16-13/h11-14,16H,3-10H2,1-2H3. The molecule has 0 aliphatic carbocycles. The van der Waals surface area contributed by atoms with Crippen molar-refractivity contribution in [2.45, 2.75) is 77.3 Å². The topological polar surface area (TPSA) is 29.1 Å². The van der Waals surface area contributed by atoms with Gasteiger partial charge in [-0.15, -0.1) is 0 Å². The molecule has 2 heteroatoms. The Morgan fingerprint density at radius 3 is 2.29 bits per heavy atom. The molecule has 0 amide bonds. The monoisotopic (exact) mass is 237 g/mol. The summed E-state index contributed by atoms with van der Waals surface area (Å²) < 4.78 is 0. The van der Waals surface area contributed by atoms with Crippen LogP contribution in [0.2, 0.25) is 0 Å². The quantitative estimate of drug-likeness (QED) is 0.768. The fourth-order valence-electron chi connectivity index (χ4n) is 3.65. The number of Topliss-reactive ketones (excluding diaryl/α,β-unsaturated/α-hetero) is 1. The van der Waals surface area contributed by atoms with Crippen LogP contribution in [0.1, 0.15) is 65.2 Å². The van der Waals surface area contributed by atoms with Gasteiger partial charge >= 0.3 is 0 Å². The van der Waals surface area contributed by atoms with E-state index >= 15 is 0 Å². The molecule has 2 unspecified atom stereocenters. The molecule has 0 aromatic heterocycles. The fourth-order valence-corrected chi connectivity index (χ4v) is 3.65. The van der Waals surface area contributed by atoms with E-state index in [9.17, 15) is 4.79 Å². The van der Waals surface area contributed by atoms with Crippen LogP contribution in [-0.2, 0) is 4.79 Å². The SMILES string of the molecule is CCC(CC)CC(=O)CC1CC2CCC(C1)N2. The molecular formula is C15H27NO. The molecule has 0 spiro atoms. The van der Waals surface area contributed by atoms with E-state index in [4.69, 9.17) is 0 Å². The van der Waals surface area contributed by atoms with Crippen molar-refractivity contribution in [2.24, 2.45) is 11.8 Å². The van der Waals surface area contributed by atoms with Crippen molar-refractivity contribution in [1.82, 2.24) is 5.32 Å². The van der Waals surface area contributed by atoms with Crippen molar-refractivity contribution in [3.8, 4) is 0 Å². The molecule has 2 aliphatic heterocycles. The van der Waals surface area contributed by atoms with Crippen LogP contribution in [0.25, 0.3) is 0 Å². The number of ketones is 1. The number of carbonyl (C=O) groups excluding carboxylic acids is 1. The number of nitrogens with one attached hydrogen (secondary N) is 1. The average molecular weight is 237 g/mol. The predicted molar refractivity (Wildman–Crippen MR) is 71.0 cm³/mol. The number of rotatable bonds is 6. The van der Waals surface area contributed by atoms with Gasteiger partial charge in [-0.1, -0.05) is 26.7 Å². The Kier molecular flexibility index (Phi) is 4.61. The molecule has 2 nitrogen and oxygen atoms in total. The number of fused-ring (bicyclic) bond motifs is 2. The highest BCUT2D eigenvalue weighted by Gasteiger charge is 2.34. The summed E-state index contributed by atoms with van der Waals surface area (Å²) in [7, 11) is 0. The van der Waals surface area contributed by atoms with E-state index < -0.39 is 0 Å². The second-order valence-electron chi connectivity index (χ2n) is 6.10. The lowest BCUT2D eigenvalue weighted by molar-refractivity contribution is -0.121. The lowest BCUT2D eigenvalue weighted by Crippen LogP contribution is -2.38. The molecule has 98 valence electrons. The van der Waals surface area contributed by atoms with Crippen molar-refractivity contribution in [3.05, 3.63) is 0 Å². The molecule has 0 aromatic rings. The minimum Gasteiger partial charge on any atom is -0.311 e. The lowest BCUT2D eigenvalue weighted by Gasteiger charge is -2.28. The maximum Gasteiger partial charge on any atom is 0.133 e. The largest absolute Gasteiger partial charge is 0.311 e. The van der Waals surface area contributed by atoms with Crippen LogP contribution in [0.4, 0.5) is 0 Å². The van der Waals surface area contributed by atoms with Gasteiger partial charge in [-0.2, -0.15) is 0 Å². The van der Waals surface area contributed by atoms with Crippen LogP contribution in [-0.4, -0.2) is 17.9 Å². The van der Waals surface area contributed by atoms with Crippen molar-refractivity contribution >= 4 is 5.78 Å². The van der Waals surface area contributed by atoms with Gasteiger partial charge in [-0.05, 0) is 37.5 Å². The van der Waals surface area contributed by atoms with Crippen LogP contribution in [0.3, 0.4) is 0 Å². The highest BCUT2D eigenvalue weighted by molar-refractivity contribution is 5.78. The minimum absolute atomic E-state index is 0.519. The first-order valence-electron chi connectivity index (χ1n) is 7.49. The van der Waals surface area contributed by atoms with E-state index in [2.05, 4.69) is 19.2 Å². The Balaban J connectivity index is 1.75. The number of hydrogen-bond acceptors (Lipinski definition) is 2. The normalized spacial score (nSPS) is 32.1. The second-order valence-corrected chi connectivity index (χ2v) is 6.10. The molecule has 2 fully saturated rings. The van der Waals surface area contributed by atoms with Crippen molar-refractivity contribution in [3.63, 3.8) is 0 Å². The maximum atomic E-state index is 12.1. The van der Waals surface area contributed by atoms with Crippen molar-refractivity contribution < 1.29 is 4.79 Å². The maximum absolute atomic E-state index is 12.1. The first-order chi connectivity index (χ1) is 8.21.